The van der Waals surface area contributed by atoms with E-state index in [1.807, 2.05) is 7.05 Å². The lowest BCUT2D eigenvalue weighted by molar-refractivity contribution is 0.121. The number of aromatic nitrogens is 2. The van der Waals surface area contributed by atoms with Gasteiger partial charge < -0.3 is 15.0 Å². The van der Waals surface area contributed by atoms with Crippen LogP contribution in [-0.2, 0) is 4.74 Å². The molecule has 1 aromatic rings. The molecule has 1 aliphatic heterocycles. The second kappa shape index (κ2) is 4.44. The average Bonchev–Trinajstić information content (AvgIpc) is 2.78. The van der Waals surface area contributed by atoms with Gasteiger partial charge in [-0.05, 0) is 6.42 Å². The Balaban J connectivity index is 2.09. The predicted octanol–water partition coefficient (Wildman–Crippen LogP) is 0.743. The zero-order chi connectivity index (χ0) is 10.7. The molecule has 0 amide bonds. The van der Waals surface area contributed by atoms with E-state index in [2.05, 4.69) is 20.2 Å². The van der Waals surface area contributed by atoms with Gasteiger partial charge in [0.1, 0.15) is 11.6 Å². The van der Waals surface area contributed by atoms with Crippen LogP contribution < -0.4 is 10.2 Å². The summed E-state index contributed by atoms with van der Waals surface area (Å²) in [6.45, 7) is 1.89. The van der Waals surface area contributed by atoms with Crippen molar-refractivity contribution < 1.29 is 4.74 Å². The molecule has 15 heavy (non-hydrogen) atoms. The van der Waals surface area contributed by atoms with Gasteiger partial charge in [0.2, 0.25) is 0 Å². The van der Waals surface area contributed by atoms with Crippen molar-refractivity contribution in [3.8, 4) is 0 Å². The third-order valence-electron chi connectivity index (χ3n) is 2.68. The molecule has 0 spiro atoms. The number of hydrogen-bond donors (Lipinski definition) is 1. The van der Waals surface area contributed by atoms with Gasteiger partial charge in [-0.2, -0.15) is 0 Å². The lowest BCUT2D eigenvalue weighted by Gasteiger charge is -2.17. The van der Waals surface area contributed by atoms with Crippen molar-refractivity contribution in [2.45, 2.75) is 12.5 Å². The fourth-order valence-corrected chi connectivity index (χ4v) is 1.76. The SMILES string of the molecule is CNc1cncc(N2CCC(OC)C2)n1. The molecule has 5 heteroatoms. The molecule has 0 radical (unpaired) electrons. The summed E-state index contributed by atoms with van der Waals surface area (Å²) in [5.74, 6) is 1.72. The summed E-state index contributed by atoms with van der Waals surface area (Å²) in [4.78, 5) is 10.8. The summed E-state index contributed by atoms with van der Waals surface area (Å²) in [6, 6.07) is 0. The quantitative estimate of drug-likeness (QED) is 0.794. The molecular weight excluding hydrogens is 192 g/mol. The molecule has 82 valence electrons. The summed E-state index contributed by atoms with van der Waals surface area (Å²) in [6.07, 6.45) is 4.89. The van der Waals surface area contributed by atoms with Gasteiger partial charge in [-0.15, -0.1) is 0 Å². The zero-order valence-corrected chi connectivity index (χ0v) is 9.10. The number of ether oxygens (including phenoxy) is 1. The van der Waals surface area contributed by atoms with E-state index in [4.69, 9.17) is 4.74 Å². The van der Waals surface area contributed by atoms with Crippen molar-refractivity contribution in [3.63, 3.8) is 0 Å². The Bertz CT molecular complexity index is 331. The molecule has 1 aliphatic rings. The first-order valence-electron chi connectivity index (χ1n) is 5.11. The summed E-state index contributed by atoms with van der Waals surface area (Å²) >= 11 is 0. The lowest BCUT2D eigenvalue weighted by Crippen LogP contribution is -2.23. The predicted molar refractivity (Wildman–Crippen MR) is 59.2 cm³/mol. The largest absolute Gasteiger partial charge is 0.380 e. The molecule has 0 aliphatic carbocycles. The van der Waals surface area contributed by atoms with E-state index < -0.39 is 0 Å². The highest BCUT2D eigenvalue weighted by Gasteiger charge is 2.23. The van der Waals surface area contributed by atoms with Gasteiger partial charge in [-0.3, -0.25) is 4.98 Å². The van der Waals surface area contributed by atoms with E-state index in [0.29, 0.717) is 6.10 Å². The van der Waals surface area contributed by atoms with E-state index in [1.165, 1.54) is 0 Å². The Morgan fingerprint density at radius 2 is 2.40 bits per heavy atom. The van der Waals surface area contributed by atoms with E-state index in [0.717, 1.165) is 31.1 Å². The third kappa shape index (κ3) is 2.18. The molecule has 1 unspecified atom stereocenters. The monoisotopic (exact) mass is 208 g/mol. The second-order valence-electron chi connectivity index (χ2n) is 3.60. The van der Waals surface area contributed by atoms with Gasteiger partial charge in [-0.25, -0.2) is 4.98 Å². The first-order chi connectivity index (χ1) is 7.33. The number of nitrogens with zero attached hydrogens (tertiary/aromatic N) is 3. The minimum atomic E-state index is 0.324. The van der Waals surface area contributed by atoms with Crippen LogP contribution in [0.2, 0.25) is 0 Å². The number of anilines is 2. The van der Waals surface area contributed by atoms with Crippen LogP contribution in [0.5, 0.6) is 0 Å². The topological polar surface area (TPSA) is 50.3 Å². The molecule has 1 aromatic heterocycles. The second-order valence-corrected chi connectivity index (χ2v) is 3.60. The average molecular weight is 208 g/mol. The van der Waals surface area contributed by atoms with Gasteiger partial charge in [0.25, 0.3) is 0 Å². The maximum absolute atomic E-state index is 5.31. The molecule has 1 fully saturated rings. The van der Waals surface area contributed by atoms with Crippen LogP contribution in [0, 0.1) is 0 Å². The number of methoxy groups -OCH3 is 1. The van der Waals surface area contributed by atoms with Gasteiger partial charge in [-0.1, -0.05) is 0 Å². The van der Waals surface area contributed by atoms with Gasteiger partial charge >= 0.3 is 0 Å². The standard InChI is InChI=1S/C10H16N4O/c1-11-9-5-12-6-10(13-9)14-4-3-8(7-14)15-2/h5-6,8H,3-4,7H2,1-2H3,(H,11,13). The molecule has 2 heterocycles. The molecule has 0 aromatic carbocycles. The summed E-state index contributed by atoms with van der Waals surface area (Å²) in [5, 5.41) is 2.98. The van der Waals surface area contributed by atoms with E-state index in [-0.39, 0.29) is 0 Å². The van der Waals surface area contributed by atoms with E-state index >= 15 is 0 Å². The molecule has 1 N–H and O–H groups in total. The minimum Gasteiger partial charge on any atom is -0.380 e. The Kier molecular flexibility index (Phi) is 3.01. The van der Waals surface area contributed by atoms with Crippen molar-refractivity contribution >= 4 is 11.6 Å². The van der Waals surface area contributed by atoms with Crippen molar-refractivity contribution in [2.75, 3.05) is 37.5 Å². The van der Waals surface area contributed by atoms with Gasteiger partial charge in [0.05, 0.1) is 18.5 Å². The van der Waals surface area contributed by atoms with Gasteiger partial charge in [0, 0.05) is 27.2 Å². The highest BCUT2D eigenvalue weighted by atomic mass is 16.5. The molecule has 0 bridgehead atoms. The molecule has 1 saturated heterocycles. The first-order valence-corrected chi connectivity index (χ1v) is 5.11. The molecule has 2 rings (SSSR count). The maximum Gasteiger partial charge on any atom is 0.149 e. The van der Waals surface area contributed by atoms with E-state index in [1.54, 1.807) is 19.5 Å². The number of nitrogens with one attached hydrogen (secondary N) is 1. The van der Waals surface area contributed by atoms with Crippen molar-refractivity contribution in [1.29, 1.82) is 0 Å². The van der Waals surface area contributed by atoms with E-state index in [9.17, 15) is 0 Å². The zero-order valence-electron chi connectivity index (χ0n) is 9.10. The Labute approximate surface area is 89.5 Å². The van der Waals surface area contributed by atoms with Crippen LogP contribution in [0.3, 0.4) is 0 Å². The van der Waals surface area contributed by atoms with Crippen LogP contribution in [0.4, 0.5) is 11.6 Å². The summed E-state index contributed by atoms with van der Waals surface area (Å²) in [7, 11) is 3.60. The van der Waals surface area contributed by atoms with Crippen LogP contribution >= 0.6 is 0 Å². The normalized spacial score (nSPS) is 20.7. The van der Waals surface area contributed by atoms with Crippen LogP contribution in [0.25, 0.3) is 0 Å². The molecule has 5 nitrogen and oxygen atoms in total. The highest BCUT2D eigenvalue weighted by molar-refractivity contribution is 5.44. The summed E-state index contributed by atoms with van der Waals surface area (Å²) in [5.41, 5.74) is 0. The van der Waals surface area contributed by atoms with Crippen molar-refractivity contribution in [2.24, 2.45) is 0 Å². The fraction of sp³-hybridized carbons (Fsp3) is 0.600. The smallest absolute Gasteiger partial charge is 0.149 e. The maximum atomic E-state index is 5.31. The van der Waals surface area contributed by atoms with Crippen LogP contribution in [-0.4, -0.2) is 43.3 Å². The Morgan fingerprint density at radius 3 is 3.07 bits per heavy atom. The lowest BCUT2D eigenvalue weighted by atomic mass is 10.3. The van der Waals surface area contributed by atoms with Crippen LogP contribution in [0.1, 0.15) is 6.42 Å². The third-order valence-corrected chi connectivity index (χ3v) is 2.68. The first kappa shape index (κ1) is 10.2. The minimum absolute atomic E-state index is 0.324. The van der Waals surface area contributed by atoms with Crippen LogP contribution in [0.15, 0.2) is 12.4 Å². The number of hydrogen-bond acceptors (Lipinski definition) is 5. The van der Waals surface area contributed by atoms with Gasteiger partial charge in [0.15, 0.2) is 0 Å². The molecule has 0 saturated carbocycles. The Hall–Kier alpha value is -1.36. The highest BCUT2D eigenvalue weighted by Crippen LogP contribution is 2.19. The van der Waals surface area contributed by atoms with Crippen molar-refractivity contribution in [1.82, 2.24) is 9.97 Å². The Morgan fingerprint density at radius 1 is 1.53 bits per heavy atom. The summed E-state index contributed by atoms with van der Waals surface area (Å²) < 4.78 is 5.31. The number of rotatable bonds is 3. The molecular formula is C10H16N4O. The van der Waals surface area contributed by atoms with Crippen molar-refractivity contribution in [3.05, 3.63) is 12.4 Å². The fourth-order valence-electron chi connectivity index (χ4n) is 1.76. The molecule has 1 atom stereocenters.